The molecule has 0 bridgehead atoms. The van der Waals surface area contributed by atoms with Crippen molar-refractivity contribution in [1.29, 1.82) is 0 Å². The summed E-state index contributed by atoms with van der Waals surface area (Å²) in [5.74, 6) is 0.234. The number of benzene rings is 2. The fourth-order valence-electron chi connectivity index (χ4n) is 1.51. The van der Waals surface area contributed by atoms with Crippen LogP contribution in [-0.4, -0.2) is 12.5 Å². The third kappa shape index (κ3) is 4.88. The molecule has 0 aromatic heterocycles. The molecule has 7 heteroatoms. The normalized spacial score (nSPS) is 10.3. The number of ether oxygens (including phenoxy) is 1. The van der Waals surface area contributed by atoms with E-state index in [2.05, 4.69) is 37.2 Å². The van der Waals surface area contributed by atoms with Crippen molar-refractivity contribution in [3.05, 3.63) is 55.4 Å². The van der Waals surface area contributed by atoms with E-state index in [1.165, 1.54) is 0 Å². The van der Waals surface area contributed by atoms with E-state index in [0.717, 1.165) is 4.47 Å². The highest BCUT2D eigenvalue weighted by Crippen LogP contribution is 2.28. The van der Waals surface area contributed by atoms with Gasteiger partial charge >= 0.3 is 0 Å². The zero-order chi connectivity index (χ0) is 15.4. The molecule has 0 unspecified atom stereocenters. The van der Waals surface area contributed by atoms with Crippen LogP contribution in [0.25, 0.3) is 0 Å². The van der Waals surface area contributed by atoms with Crippen molar-refractivity contribution >= 4 is 66.7 Å². The summed E-state index contributed by atoms with van der Waals surface area (Å²) in [5.41, 5.74) is 0.531. The second-order valence-electron chi connectivity index (χ2n) is 4.04. The molecule has 110 valence electrons. The van der Waals surface area contributed by atoms with Gasteiger partial charge in [0.15, 0.2) is 6.61 Å². The van der Waals surface area contributed by atoms with Gasteiger partial charge in [-0.1, -0.05) is 39.1 Å². The van der Waals surface area contributed by atoms with Gasteiger partial charge in [0.2, 0.25) is 0 Å². The average Bonchev–Trinajstić information content (AvgIpc) is 2.41. The van der Waals surface area contributed by atoms with E-state index in [9.17, 15) is 4.79 Å². The Morgan fingerprint density at radius 2 is 1.90 bits per heavy atom. The van der Waals surface area contributed by atoms with Gasteiger partial charge in [0.05, 0.1) is 15.2 Å². The zero-order valence-corrected chi connectivity index (χ0v) is 15.2. The predicted molar refractivity (Wildman–Crippen MR) is 92.4 cm³/mol. The Balaban J connectivity index is 1.96. The first kappa shape index (κ1) is 16.6. The van der Waals surface area contributed by atoms with Crippen LogP contribution in [0.3, 0.4) is 0 Å². The molecule has 0 radical (unpaired) electrons. The van der Waals surface area contributed by atoms with Crippen molar-refractivity contribution in [2.24, 2.45) is 0 Å². The monoisotopic (exact) mass is 451 g/mol. The second-order valence-corrected chi connectivity index (χ2v) is 6.65. The lowest BCUT2D eigenvalue weighted by Crippen LogP contribution is -2.20. The Labute approximate surface area is 148 Å². The molecule has 0 aliphatic rings. The van der Waals surface area contributed by atoms with E-state index in [1.54, 1.807) is 36.4 Å². The number of carbonyl (C=O) groups excluding carboxylic acids is 1. The van der Waals surface area contributed by atoms with Crippen LogP contribution >= 0.6 is 55.1 Å². The summed E-state index contributed by atoms with van der Waals surface area (Å²) in [6.45, 7) is -0.132. The van der Waals surface area contributed by atoms with Crippen LogP contribution in [0.15, 0.2) is 45.3 Å². The van der Waals surface area contributed by atoms with E-state index in [0.29, 0.717) is 26.0 Å². The number of anilines is 1. The molecule has 3 nitrogen and oxygen atoms in total. The van der Waals surface area contributed by atoms with Gasteiger partial charge in [0, 0.05) is 9.50 Å². The van der Waals surface area contributed by atoms with Crippen molar-refractivity contribution in [1.82, 2.24) is 0 Å². The average molecular weight is 454 g/mol. The molecule has 2 aromatic rings. The molecule has 21 heavy (non-hydrogen) atoms. The van der Waals surface area contributed by atoms with Crippen molar-refractivity contribution in [3.63, 3.8) is 0 Å². The van der Waals surface area contributed by atoms with E-state index < -0.39 is 0 Å². The number of halogens is 4. The molecule has 0 aliphatic heterocycles. The molecule has 1 N–H and O–H groups in total. The molecule has 2 aromatic carbocycles. The van der Waals surface area contributed by atoms with Gasteiger partial charge < -0.3 is 10.1 Å². The Hall–Kier alpha value is -0.750. The largest absolute Gasteiger partial charge is 0.483 e. The molecule has 0 saturated heterocycles. The topological polar surface area (TPSA) is 38.3 Å². The van der Waals surface area contributed by atoms with Gasteiger partial charge in [-0.2, -0.15) is 0 Å². The molecule has 1 amide bonds. The van der Waals surface area contributed by atoms with Gasteiger partial charge in [0.1, 0.15) is 5.75 Å². The smallest absolute Gasteiger partial charge is 0.262 e. The summed E-state index contributed by atoms with van der Waals surface area (Å²) in [4.78, 5) is 11.9. The third-order valence-electron chi connectivity index (χ3n) is 2.46. The van der Waals surface area contributed by atoms with Crippen LogP contribution in [0.4, 0.5) is 5.69 Å². The van der Waals surface area contributed by atoms with E-state index in [-0.39, 0.29) is 12.5 Å². The minimum atomic E-state index is -0.305. The Bertz CT molecular complexity index is 680. The van der Waals surface area contributed by atoms with Gasteiger partial charge in [0.25, 0.3) is 5.91 Å². The van der Waals surface area contributed by atoms with Gasteiger partial charge in [-0.05, 0) is 52.3 Å². The Morgan fingerprint density at radius 3 is 2.57 bits per heavy atom. The molecule has 2 rings (SSSR count). The quantitative estimate of drug-likeness (QED) is 0.660. The van der Waals surface area contributed by atoms with Crippen molar-refractivity contribution in [3.8, 4) is 5.75 Å². The predicted octanol–water partition coefficient (Wildman–Crippen LogP) is 5.54. The molecule has 0 fully saturated rings. The standard InChI is InChI=1S/C14H9Br2Cl2NO2/c15-8-1-3-12(11(18)5-8)19-14(20)7-21-13-4-2-9(17)6-10(13)16/h1-6H,7H2,(H,19,20). The molecular formula is C14H9Br2Cl2NO2. The summed E-state index contributed by atoms with van der Waals surface area (Å²) in [6, 6.07) is 10.3. The lowest BCUT2D eigenvalue weighted by Gasteiger charge is -2.10. The first-order chi connectivity index (χ1) is 9.95. The molecule has 0 spiro atoms. The minimum absolute atomic E-state index is 0.132. The molecule has 0 heterocycles. The summed E-state index contributed by atoms with van der Waals surface area (Å²) in [6.07, 6.45) is 0. The molecule has 0 atom stereocenters. The van der Waals surface area contributed by atoms with Crippen molar-refractivity contribution < 1.29 is 9.53 Å². The minimum Gasteiger partial charge on any atom is -0.483 e. The van der Waals surface area contributed by atoms with Crippen LogP contribution in [0.2, 0.25) is 10.0 Å². The van der Waals surface area contributed by atoms with Crippen LogP contribution in [0, 0.1) is 0 Å². The first-order valence-electron chi connectivity index (χ1n) is 5.78. The maximum absolute atomic E-state index is 11.9. The number of hydrogen-bond acceptors (Lipinski definition) is 2. The number of amides is 1. The Kier molecular flexibility index (Phi) is 5.93. The maximum atomic E-state index is 11.9. The van der Waals surface area contributed by atoms with E-state index in [4.69, 9.17) is 27.9 Å². The lowest BCUT2D eigenvalue weighted by molar-refractivity contribution is -0.118. The second kappa shape index (κ2) is 7.49. The number of carbonyl (C=O) groups is 1. The summed E-state index contributed by atoms with van der Waals surface area (Å²) < 4.78 is 6.94. The van der Waals surface area contributed by atoms with Crippen LogP contribution in [0.1, 0.15) is 0 Å². The van der Waals surface area contributed by atoms with Gasteiger partial charge in [-0.15, -0.1) is 0 Å². The first-order valence-corrected chi connectivity index (χ1v) is 8.12. The van der Waals surface area contributed by atoms with Crippen molar-refractivity contribution in [2.75, 3.05) is 11.9 Å². The fourth-order valence-corrected chi connectivity index (χ4v) is 3.03. The summed E-state index contributed by atoms with van der Waals surface area (Å²) >= 11 is 18.5. The summed E-state index contributed by atoms with van der Waals surface area (Å²) in [7, 11) is 0. The fraction of sp³-hybridized carbons (Fsp3) is 0.0714. The SMILES string of the molecule is O=C(COc1ccc(Cl)cc1Br)Nc1ccc(Br)cc1Cl. The molecule has 0 saturated carbocycles. The van der Waals surface area contributed by atoms with Crippen LogP contribution in [0.5, 0.6) is 5.75 Å². The summed E-state index contributed by atoms with van der Waals surface area (Å²) in [5, 5.41) is 3.71. The van der Waals surface area contributed by atoms with Gasteiger partial charge in [-0.3, -0.25) is 4.79 Å². The number of nitrogens with one attached hydrogen (secondary N) is 1. The number of rotatable bonds is 4. The van der Waals surface area contributed by atoms with Crippen LogP contribution < -0.4 is 10.1 Å². The zero-order valence-electron chi connectivity index (χ0n) is 10.5. The lowest BCUT2D eigenvalue weighted by atomic mass is 10.3. The maximum Gasteiger partial charge on any atom is 0.262 e. The highest BCUT2D eigenvalue weighted by Gasteiger charge is 2.09. The highest BCUT2D eigenvalue weighted by molar-refractivity contribution is 9.10. The molecular weight excluding hydrogens is 445 g/mol. The van der Waals surface area contributed by atoms with E-state index in [1.807, 2.05) is 0 Å². The third-order valence-corrected chi connectivity index (χ3v) is 4.12. The van der Waals surface area contributed by atoms with Gasteiger partial charge in [-0.25, -0.2) is 0 Å². The van der Waals surface area contributed by atoms with Crippen molar-refractivity contribution in [2.45, 2.75) is 0 Å². The number of hydrogen-bond donors (Lipinski definition) is 1. The van der Waals surface area contributed by atoms with Crippen LogP contribution in [-0.2, 0) is 4.79 Å². The van der Waals surface area contributed by atoms with E-state index >= 15 is 0 Å². The Morgan fingerprint density at radius 1 is 1.14 bits per heavy atom. The molecule has 0 aliphatic carbocycles. The highest BCUT2D eigenvalue weighted by atomic mass is 79.9.